The van der Waals surface area contributed by atoms with E-state index in [-0.39, 0.29) is 0 Å². The minimum Gasteiger partial charge on any atom is -0.508 e. The largest absolute Gasteiger partial charge is 0.508 e. The summed E-state index contributed by atoms with van der Waals surface area (Å²) >= 11 is 0. The summed E-state index contributed by atoms with van der Waals surface area (Å²) in [7, 11) is -4.64. The van der Waals surface area contributed by atoms with Crippen LogP contribution in [-0.4, -0.2) is 19.8 Å². The van der Waals surface area contributed by atoms with Gasteiger partial charge in [0, 0.05) is 0 Å². The summed E-state index contributed by atoms with van der Waals surface area (Å²) in [5, 5.41) is 8.99. The molecule has 4 N–H and O–H groups in total. The number of hydrogen-bond acceptors (Lipinski definition) is 2. The molecule has 0 amide bonds. The van der Waals surface area contributed by atoms with Crippen molar-refractivity contribution in [2.75, 3.05) is 0 Å². The van der Waals surface area contributed by atoms with Crippen LogP contribution in [0.3, 0.4) is 0 Å². The standard InChI is InChI=1S/C8H10O.H3O4P/c1-6-3-7(2)5-8(9)4-6;1-5(2,3)4/h3-5,9H,1-2H3;(H3,1,2,3,4). The molecule has 0 fully saturated rings. The van der Waals surface area contributed by atoms with Crippen molar-refractivity contribution in [1.29, 1.82) is 0 Å². The molecule has 6 heteroatoms. The van der Waals surface area contributed by atoms with Crippen LogP contribution in [0.5, 0.6) is 5.75 Å². The normalized spacial score (nSPS) is 10.4. The van der Waals surface area contributed by atoms with Crippen molar-refractivity contribution in [3.8, 4) is 5.75 Å². The van der Waals surface area contributed by atoms with E-state index < -0.39 is 7.82 Å². The first kappa shape index (κ1) is 13.1. The van der Waals surface area contributed by atoms with Gasteiger partial charge in [-0.3, -0.25) is 0 Å². The van der Waals surface area contributed by atoms with Crippen LogP contribution in [0.2, 0.25) is 0 Å². The first-order chi connectivity index (χ1) is 6.18. The van der Waals surface area contributed by atoms with Crippen LogP contribution in [0.1, 0.15) is 11.1 Å². The van der Waals surface area contributed by atoms with Crippen LogP contribution in [-0.2, 0) is 4.57 Å². The van der Waals surface area contributed by atoms with Crippen molar-refractivity contribution < 1.29 is 24.4 Å². The van der Waals surface area contributed by atoms with Gasteiger partial charge in [-0.2, -0.15) is 0 Å². The average Bonchev–Trinajstić information content (AvgIpc) is 1.77. The number of hydrogen-bond donors (Lipinski definition) is 4. The summed E-state index contributed by atoms with van der Waals surface area (Å²) in [6.07, 6.45) is 0. The molecule has 1 aromatic rings. The average molecular weight is 220 g/mol. The van der Waals surface area contributed by atoms with E-state index in [4.69, 9.17) is 24.4 Å². The fraction of sp³-hybridized carbons (Fsp3) is 0.250. The Balaban J connectivity index is 0.000000292. The lowest BCUT2D eigenvalue weighted by molar-refractivity contribution is 0.275. The van der Waals surface area contributed by atoms with E-state index in [1.54, 1.807) is 12.1 Å². The van der Waals surface area contributed by atoms with E-state index in [1.807, 2.05) is 19.9 Å². The first-order valence-corrected chi connectivity index (χ1v) is 5.30. The summed E-state index contributed by atoms with van der Waals surface area (Å²) < 4.78 is 8.88. The molecule has 0 saturated heterocycles. The van der Waals surface area contributed by atoms with Gasteiger partial charge < -0.3 is 19.8 Å². The van der Waals surface area contributed by atoms with E-state index in [9.17, 15) is 0 Å². The summed E-state index contributed by atoms with van der Waals surface area (Å²) in [5.41, 5.74) is 2.21. The molecule has 14 heavy (non-hydrogen) atoms. The molecule has 0 atom stereocenters. The Labute approximate surface area is 81.9 Å². The lowest BCUT2D eigenvalue weighted by atomic mass is 10.1. The zero-order valence-corrected chi connectivity index (χ0v) is 8.77. The van der Waals surface area contributed by atoms with Gasteiger partial charge in [0.05, 0.1) is 0 Å². The Bertz CT molecular complexity index is 285. The highest BCUT2D eigenvalue weighted by molar-refractivity contribution is 7.45. The maximum absolute atomic E-state index is 8.99. The molecule has 0 heterocycles. The number of benzene rings is 1. The van der Waals surface area contributed by atoms with Crippen molar-refractivity contribution in [1.82, 2.24) is 0 Å². The fourth-order valence-corrected chi connectivity index (χ4v) is 0.951. The summed E-state index contributed by atoms with van der Waals surface area (Å²) in [6, 6.07) is 5.51. The smallest absolute Gasteiger partial charge is 0.466 e. The van der Waals surface area contributed by atoms with Gasteiger partial charge in [0.25, 0.3) is 0 Å². The van der Waals surface area contributed by atoms with Crippen LogP contribution in [0.4, 0.5) is 0 Å². The Kier molecular flexibility index (Phi) is 4.80. The van der Waals surface area contributed by atoms with Crippen molar-refractivity contribution in [2.45, 2.75) is 13.8 Å². The van der Waals surface area contributed by atoms with E-state index in [0.29, 0.717) is 5.75 Å². The number of rotatable bonds is 0. The third-order valence-corrected chi connectivity index (χ3v) is 1.21. The second-order valence-electron chi connectivity index (χ2n) is 2.86. The molecule has 80 valence electrons. The SMILES string of the molecule is Cc1cc(C)cc(O)c1.O=P(O)(O)O. The number of aromatic hydroxyl groups is 1. The van der Waals surface area contributed by atoms with Gasteiger partial charge in [0.1, 0.15) is 5.75 Å². The van der Waals surface area contributed by atoms with Crippen LogP contribution in [0, 0.1) is 13.8 Å². The molecule has 1 aromatic carbocycles. The lowest BCUT2D eigenvalue weighted by Crippen LogP contribution is -1.74. The van der Waals surface area contributed by atoms with Gasteiger partial charge in [-0.1, -0.05) is 6.07 Å². The van der Waals surface area contributed by atoms with Crippen LogP contribution in [0.25, 0.3) is 0 Å². The van der Waals surface area contributed by atoms with Gasteiger partial charge in [0.2, 0.25) is 0 Å². The van der Waals surface area contributed by atoms with Gasteiger partial charge in [-0.15, -0.1) is 0 Å². The molecule has 5 nitrogen and oxygen atoms in total. The second-order valence-corrected chi connectivity index (χ2v) is 3.89. The number of phenolic OH excluding ortho intramolecular Hbond substituents is 1. The van der Waals surface area contributed by atoms with E-state index in [2.05, 4.69) is 0 Å². The summed E-state index contributed by atoms with van der Waals surface area (Å²) in [4.78, 5) is 21.6. The summed E-state index contributed by atoms with van der Waals surface area (Å²) in [6.45, 7) is 3.93. The molecule has 0 radical (unpaired) electrons. The third kappa shape index (κ3) is 9.22. The quantitative estimate of drug-likeness (QED) is 0.490. The molecule has 0 aromatic heterocycles. The molecule has 0 aliphatic rings. The summed E-state index contributed by atoms with van der Waals surface area (Å²) in [5.74, 6) is 0.354. The topological polar surface area (TPSA) is 98.0 Å². The molecule has 0 aliphatic heterocycles. The molecule has 0 bridgehead atoms. The molecular weight excluding hydrogens is 207 g/mol. The minimum absolute atomic E-state index is 0.354. The maximum Gasteiger partial charge on any atom is 0.466 e. The highest BCUT2D eigenvalue weighted by Gasteiger charge is 2.00. The van der Waals surface area contributed by atoms with Gasteiger partial charge >= 0.3 is 7.82 Å². The Morgan fingerprint density at radius 3 is 1.50 bits per heavy atom. The van der Waals surface area contributed by atoms with Crippen molar-refractivity contribution in [2.24, 2.45) is 0 Å². The molecular formula is C8H13O5P. The lowest BCUT2D eigenvalue weighted by Gasteiger charge is -1.95. The maximum atomic E-state index is 8.99. The predicted octanol–water partition coefficient (Wildman–Crippen LogP) is 1.08. The second kappa shape index (κ2) is 5.12. The zero-order chi connectivity index (χ0) is 11.4. The number of phenols is 1. The Morgan fingerprint density at radius 1 is 1.00 bits per heavy atom. The molecule has 0 unspecified atom stereocenters. The van der Waals surface area contributed by atoms with Crippen molar-refractivity contribution in [3.05, 3.63) is 29.3 Å². The fourth-order valence-electron chi connectivity index (χ4n) is 0.951. The predicted molar refractivity (Wildman–Crippen MR) is 51.8 cm³/mol. The van der Waals surface area contributed by atoms with E-state index in [1.165, 1.54) is 0 Å². The van der Waals surface area contributed by atoms with Gasteiger partial charge in [0.15, 0.2) is 0 Å². The highest BCUT2D eigenvalue weighted by atomic mass is 31.2. The van der Waals surface area contributed by atoms with Crippen molar-refractivity contribution in [3.63, 3.8) is 0 Å². The first-order valence-electron chi connectivity index (χ1n) is 3.74. The molecule has 0 spiro atoms. The van der Waals surface area contributed by atoms with Gasteiger partial charge in [-0.05, 0) is 37.1 Å². The van der Waals surface area contributed by atoms with Crippen LogP contribution >= 0.6 is 7.82 Å². The molecule has 0 aliphatic carbocycles. The Hall–Kier alpha value is -0.870. The highest BCUT2D eigenvalue weighted by Crippen LogP contribution is 2.25. The minimum atomic E-state index is -4.64. The number of phosphoric acid groups is 1. The van der Waals surface area contributed by atoms with E-state index >= 15 is 0 Å². The van der Waals surface area contributed by atoms with Crippen molar-refractivity contribution >= 4 is 7.82 Å². The third-order valence-electron chi connectivity index (χ3n) is 1.21. The van der Waals surface area contributed by atoms with E-state index in [0.717, 1.165) is 11.1 Å². The molecule has 1 rings (SSSR count). The molecule has 0 saturated carbocycles. The monoisotopic (exact) mass is 220 g/mol. The number of aryl methyl sites for hydroxylation is 2. The van der Waals surface area contributed by atoms with Crippen LogP contribution < -0.4 is 0 Å². The van der Waals surface area contributed by atoms with Crippen LogP contribution in [0.15, 0.2) is 18.2 Å². The Morgan fingerprint density at radius 2 is 1.29 bits per heavy atom. The zero-order valence-electron chi connectivity index (χ0n) is 7.88. The van der Waals surface area contributed by atoms with Gasteiger partial charge in [-0.25, -0.2) is 4.57 Å².